The van der Waals surface area contributed by atoms with Crippen LogP contribution in [-0.4, -0.2) is 35.0 Å². The zero-order valence-electron chi connectivity index (χ0n) is 10.5. The van der Waals surface area contributed by atoms with Gasteiger partial charge < -0.3 is 15.3 Å². The van der Waals surface area contributed by atoms with Crippen molar-refractivity contribution >= 4 is 11.9 Å². The highest BCUT2D eigenvalue weighted by atomic mass is 16.4. The van der Waals surface area contributed by atoms with Gasteiger partial charge in [-0.2, -0.15) is 0 Å². The molecule has 0 atom stereocenters. The summed E-state index contributed by atoms with van der Waals surface area (Å²) in [5.74, 6) is -0.566. The summed E-state index contributed by atoms with van der Waals surface area (Å²) >= 11 is 0. The van der Waals surface area contributed by atoms with Crippen LogP contribution in [-0.2, 0) is 11.3 Å². The first-order valence-corrected chi connectivity index (χ1v) is 5.70. The second-order valence-corrected chi connectivity index (χ2v) is 4.64. The van der Waals surface area contributed by atoms with Gasteiger partial charge in [0.2, 0.25) is 5.91 Å². The number of hydrogen-bond acceptors (Lipinski definition) is 4. The molecule has 0 bridgehead atoms. The molecule has 0 saturated heterocycles. The van der Waals surface area contributed by atoms with E-state index in [0.717, 1.165) is 0 Å². The largest absolute Gasteiger partial charge is 0.478 e. The zero-order chi connectivity index (χ0) is 13.7. The molecule has 0 unspecified atom stereocenters. The van der Waals surface area contributed by atoms with E-state index in [1.807, 2.05) is 18.7 Å². The molecule has 0 radical (unpaired) electrons. The number of nitrogens with zero attached hydrogens (tertiary/aromatic N) is 1. The Labute approximate surface area is 105 Å². The molecule has 0 aliphatic carbocycles. The number of aromatic carboxylic acids is 1. The van der Waals surface area contributed by atoms with E-state index in [1.165, 1.54) is 12.3 Å². The molecule has 1 rings (SSSR count). The van der Waals surface area contributed by atoms with Gasteiger partial charge in [-0.1, -0.05) is 13.8 Å². The molecule has 0 aromatic carbocycles. The number of furan rings is 1. The van der Waals surface area contributed by atoms with Crippen molar-refractivity contribution in [2.24, 2.45) is 11.7 Å². The van der Waals surface area contributed by atoms with E-state index >= 15 is 0 Å². The summed E-state index contributed by atoms with van der Waals surface area (Å²) in [5.41, 5.74) is 5.28. The lowest BCUT2D eigenvalue weighted by Gasteiger charge is -2.21. The van der Waals surface area contributed by atoms with Gasteiger partial charge in [0.25, 0.3) is 0 Å². The summed E-state index contributed by atoms with van der Waals surface area (Å²) in [6, 6.07) is 1.46. The number of carboxylic acid groups (broad SMARTS) is 1. The minimum atomic E-state index is -1.03. The average Bonchev–Trinajstić information content (AvgIpc) is 2.63. The molecule has 1 aromatic heterocycles. The molecule has 1 aromatic rings. The van der Waals surface area contributed by atoms with Crippen LogP contribution in [0, 0.1) is 5.92 Å². The molecular weight excluding hydrogens is 236 g/mol. The van der Waals surface area contributed by atoms with Crippen LogP contribution in [0.2, 0.25) is 0 Å². The molecular formula is C12H18N2O4. The van der Waals surface area contributed by atoms with Crippen molar-refractivity contribution in [2.75, 3.05) is 13.1 Å². The number of nitrogens with two attached hydrogens (primary N) is 1. The van der Waals surface area contributed by atoms with E-state index in [-0.39, 0.29) is 12.1 Å². The molecule has 6 heteroatoms. The maximum Gasteiger partial charge on any atom is 0.338 e. The van der Waals surface area contributed by atoms with E-state index in [4.69, 9.17) is 15.3 Å². The fraction of sp³-hybridized carbons (Fsp3) is 0.500. The third kappa shape index (κ3) is 4.58. The van der Waals surface area contributed by atoms with Gasteiger partial charge in [0, 0.05) is 6.54 Å². The van der Waals surface area contributed by atoms with Crippen molar-refractivity contribution in [3.05, 3.63) is 23.7 Å². The van der Waals surface area contributed by atoms with Crippen molar-refractivity contribution in [1.82, 2.24) is 4.90 Å². The van der Waals surface area contributed by atoms with E-state index in [0.29, 0.717) is 24.8 Å². The molecule has 0 aliphatic heterocycles. The van der Waals surface area contributed by atoms with Crippen LogP contribution in [0.25, 0.3) is 0 Å². The van der Waals surface area contributed by atoms with Gasteiger partial charge in [0.1, 0.15) is 12.0 Å². The van der Waals surface area contributed by atoms with Crippen LogP contribution in [0.5, 0.6) is 0 Å². The van der Waals surface area contributed by atoms with Crippen LogP contribution in [0.1, 0.15) is 30.0 Å². The molecule has 0 saturated carbocycles. The fourth-order valence-electron chi connectivity index (χ4n) is 1.72. The molecule has 18 heavy (non-hydrogen) atoms. The number of carboxylic acids is 1. The summed E-state index contributed by atoms with van der Waals surface area (Å²) in [4.78, 5) is 23.5. The minimum Gasteiger partial charge on any atom is -0.478 e. The van der Waals surface area contributed by atoms with Crippen LogP contribution < -0.4 is 5.73 Å². The normalized spacial score (nSPS) is 11.1. The van der Waals surface area contributed by atoms with Crippen molar-refractivity contribution < 1.29 is 19.1 Å². The first-order valence-electron chi connectivity index (χ1n) is 5.70. The lowest BCUT2D eigenvalue weighted by atomic mass is 10.2. The topological polar surface area (TPSA) is 96.8 Å². The van der Waals surface area contributed by atoms with E-state index in [2.05, 4.69) is 0 Å². The Morgan fingerprint density at radius 1 is 1.50 bits per heavy atom. The number of hydrogen-bond donors (Lipinski definition) is 2. The lowest BCUT2D eigenvalue weighted by Crippen LogP contribution is -2.35. The quantitative estimate of drug-likeness (QED) is 0.754. The van der Waals surface area contributed by atoms with Gasteiger partial charge in [-0.15, -0.1) is 0 Å². The Balaban J connectivity index is 2.68. The number of amides is 1. The van der Waals surface area contributed by atoms with E-state index in [9.17, 15) is 9.59 Å². The molecule has 0 aliphatic rings. The Morgan fingerprint density at radius 2 is 2.17 bits per heavy atom. The number of primary amides is 1. The predicted molar refractivity (Wildman–Crippen MR) is 65.0 cm³/mol. The van der Waals surface area contributed by atoms with E-state index < -0.39 is 11.9 Å². The Bertz CT molecular complexity index is 425. The number of carbonyl (C=O) groups excluding carboxylic acids is 1. The first kappa shape index (κ1) is 14.2. The van der Waals surface area contributed by atoms with E-state index in [1.54, 1.807) is 0 Å². The van der Waals surface area contributed by atoms with Gasteiger partial charge >= 0.3 is 5.97 Å². The van der Waals surface area contributed by atoms with Crippen LogP contribution in [0.4, 0.5) is 0 Å². The number of carbonyl (C=O) groups is 2. The first-order chi connectivity index (χ1) is 8.38. The predicted octanol–water partition coefficient (Wildman–Crippen LogP) is 0.921. The van der Waals surface area contributed by atoms with Crippen molar-refractivity contribution in [3.8, 4) is 0 Å². The van der Waals surface area contributed by atoms with Gasteiger partial charge in [-0.25, -0.2) is 4.79 Å². The smallest absolute Gasteiger partial charge is 0.338 e. The third-order valence-electron chi connectivity index (χ3n) is 2.28. The standard InChI is InChI=1S/C12H18N2O4/c1-8(2)4-14(6-11(13)15)5-10-3-9(7-18-10)12(16)17/h3,7-8H,4-6H2,1-2H3,(H2,13,15)(H,16,17). The van der Waals surface area contributed by atoms with Gasteiger partial charge in [0.05, 0.1) is 18.7 Å². The highest BCUT2D eigenvalue weighted by molar-refractivity contribution is 5.87. The fourth-order valence-corrected chi connectivity index (χ4v) is 1.72. The highest BCUT2D eigenvalue weighted by Gasteiger charge is 2.14. The third-order valence-corrected chi connectivity index (χ3v) is 2.28. The SMILES string of the molecule is CC(C)CN(CC(N)=O)Cc1cc(C(=O)O)co1. The van der Waals surface area contributed by atoms with Crippen LogP contribution >= 0.6 is 0 Å². The molecule has 6 nitrogen and oxygen atoms in total. The summed E-state index contributed by atoms with van der Waals surface area (Å²) < 4.78 is 5.14. The van der Waals surface area contributed by atoms with Crippen molar-refractivity contribution in [2.45, 2.75) is 20.4 Å². The summed E-state index contributed by atoms with van der Waals surface area (Å²) in [6.45, 7) is 5.24. The van der Waals surface area contributed by atoms with Crippen LogP contribution in [0.15, 0.2) is 16.7 Å². The summed E-state index contributed by atoms with van der Waals surface area (Å²) in [5, 5.41) is 8.78. The molecule has 1 heterocycles. The Hall–Kier alpha value is -1.82. The summed E-state index contributed by atoms with van der Waals surface area (Å²) in [7, 11) is 0. The zero-order valence-corrected chi connectivity index (χ0v) is 10.5. The molecule has 3 N–H and O–H groups in total. The monoisotopic (exact) mass is 254 g/mol. The maximum atomic E-state index is 11.0. The lowest BCUT2D eigenvalue weighted by molar-refractivity contribution is -0.119. The Morgan fingerprint density at radius 3 is 2.61 bits per heavy atom. The maximum absolute atomic E-state index is 11.0. The van der Waals surface area contributed by atoms with Crippen molar-refractivity contribution in [3.63, 3.8) is 0 Å². The molecule has 0 fully saturated rings. The second kappa shape index (κ2) is 6.20. The van der Waals surface area contributed by atoms with Gasteiger partial charge in [0.15, 0.2) is 0 Å². The molecule has 0 spiro atoms. The van der Waals surface area contributed by atoms with Crippen LogP contribution in [0.3, 0.4) is 0 Å². The summed E-state index contributed by atoms with van der Waals surface area (Å²) in [6.07, 6.45) is 1.19. The average molecular weight is 254 g/mol. The van der Waals surface area contributed by atoms with Gasteiger partial charge in [-0.3, -0.25) is 9.69 Å². The highest BCUT2D eigenvalue weighted by Crippen LogP contribution is 2.11. The van der Waals surface area contributed by atoms with Gasteiger partial charge in [-0.05, 0) is 12.0 Å². The van der Waals surface area contributed by atoms with Crippen molar-refractivity contribution in [1.29, 1.82) is 0 Å². The number of rotatable bonds is 7. The molecule has 1 amide bonds. The Kier molecular flexibility index (Phi) is 4.91. The molecule has 100 valence electrons. The second-order valence-electron chi connectivity index (χ2n) is 4.64. The minimum absolute atomic E-state index is 0.105.